The van der Waals surface area contributed by atoms with Crippen molar-refractivity contribution < 1.29 is 14.3 Å². The van der Waals surface area contributed by atoms with Crippen molar-refractivity contribution in [2.75, 3.05) is 5.32 Å². The summed E-state index contributed by atoms with van der Waals surface area (Å²) < 4.78 is 14.3. The lowest BCUT2D eigenvalue weighted by atomic mass is 9.91. The Morgan fingerprint density at radius 1 is 1.29 bits per heavy atom. The van der Waals surface area contributed by atoms with Gasteiger partial charge in [0.25, 0.3) is 0 Å². The number of nitrogens with one attached hydrogen (secondary N) is 1. The Bertz CT molecular complexity index is 669. The van der Waals surface area contributed by atoms with Gasteiger partial charge in [-0.25, -0.2) is 9.18 Å². The van der Waals surface area contributed by atoms with Crippen LogP contribution in [0, 0.1) is 12.7 Å². The number of aliphatic carboxylic acids is 1. The molecule has 1 unspecified atom stereocenters. The van der Waals surface area contributed by atoms with Crippen LogP contribution in [0.25, 0.3) is 0 Å². The number of carboxylic acid groups (broad SMARTS) is 1. The Kier molecular flexibility index (Phi) is 4.32. The van der Waals surface area contributed by atoms with E-state index in [4.69, 9.17) is 0 Å². The largest absolute Gasteiger partial charge is 0.479 e. The normalized spacial score (nSPS) is 13.5. The molecule has 2 aromatic rings. The van der Waals surface area contributed by atoms with E-state index in [1.54, 1.807) is 38.1 Å². The average Bonchev–Trinajstić information content (AvgIpc) is 2.37. The molecule has 5 heteroatoms. The highest BCUT2D eigenvalue weighted by Crippen LogP contribution is 2.29. The van der Waals surface area contributed by atoms with Crippen LogP contribution < -0.4 is 5.32 Å². The summed E-state index contributed by atoms with van der Waals surface area (Å²) in [5.41, 5.74) is 0.368. The van der Waals surface area contributed by atoms with E-state index in [0.717, 1.165) is 10.0 Å². The Morgan fingerprint density at radius 2 is 2.00 bits per heavy atom. The smallest absolute Gasteiger partial charge is 0.333 e. The summed E-state index contributed by atoms with van der Waals surface area (Å²) in [5.74, 6) is -1.44. The molecule has 110 valence electrons. The molecule has 0 saturated heterocycles. The topological polar surface area (TPSA) is 49.3 Å². The molecular formula is C16H15BrFNO2. The molecule has 0 spiro atoms. The molecule has 2 N–H and O–H groups in total. The maximum absolute atomic E-state index is 13.5. The number of rotatable bonds is 4. The zero-order valence-electron chi connectivity index (χ0n) is 11.7. The summed E-state index contributed by atoms with van der Waals surface area (Å²) in [5, 5.41) is 12.5. The van der Waals surface area contributed by atoms with Gasteiger partial charge in [0.1, 0.15) is 5.82 Å². The summed E-state index contributed by atoms with van der Waals surface area (Å²) in [4.78, 5) is 11.7. The molecule has 0 radical (unpaired) electrons. The van der Waals surface area contributed by atoms with Gasteiger partial charge in [0, 0.05) is 10.2 Å². The van der Waals surface area contributed by atoms with E-state index < -0.39 is 17.3 Å². The summed E-state index contributed by atoms with van der Waals surface area (Å²) in [6, 6.07) is 11.4. The SMILES string of the molecule is Cc1cc(F)cc(NC(C)(C(=O)O)c2cccc(Br)c2)c1. The number of hydrogen-bond donors (Lipinski definition) is 2. The van der Waals surface area contributed by atoms with Gasteiger partial charge in [0.2, 0.25) is 0 Å². The van der Waals surface area contributed by atoms with E-state index in [0.29, 0.717) is 11.3 Å². The fraction of sp³-hybridized carbons (Fsp3) is 0.188. The second-order valence-electron chi connectivity index (χ2n) is 5.08. The van der Waals surface area contributed by atoms with E-state index in [9.17, 15) is 14.3 Å². The number of hydrogen-bond acceptors (Lipinski definition) is 2. The lowest BCUT2D eigenvalue weighted by Crippen LogP contribution is -2.40. The van der Waals surface area contributed by atoms with E-state index in [1.807, 2.05) is 6.07 Å². The summed E-state index contributed by atoms with van der Waals surface area (Å²) in [6.07, 6.45) is 0. The predicted octanol–water partition coefficient (Wildman–Crippen LogP) is 4.31. The van der Waals surface area contributed by atoms with Gasteiger partial charge in [-0.1, -0.05) is 28.1 Å². The third-order valence-electron chi connectivity index (χ3n) is 3.27. The molecule has 0 amide bonds. The fourth-order valence-electron chi connectivity index (χ4n) is 2.15. The molecule has 2 aromatic carbocycles. The molecule has 0 heterocycles. The first kappa shape index (κ1) is 15.5. The minimum absolute atomic E-state index is 0.403. The second kappa shape index (κ2) is 5.85. The molecule has 21 heavy (non-hydrogen) atoms. The van der Waals surface area contributed by atoms with E-state index in [1.165, 1.54) is 12.1 Å². The highest BCUT2D eigenvalue weighted by molar-refractivity contribution is 9.10. The van der Waals surface area contributed by atoms with Crippen LogP contribution in [-0.2, 0) is 10.3 Å². The maximum Gasteiger partial charge on any atom is 0.333 e. The molecule has 0 aliphatic carbocycles. The maximum atomic E-state index is 13.5. The Labute approximate surface area is 130 Å². The van der Waals surface area contributed by atoms with Crippen molar-refractivity contribution in [2.24, 2.45) is 0 Å². The Balaban J connectivity index is 2.45. The average molecular weight is 352 g/mol. The molecule has 0 bridgehead atoms. The van der Waals surface area contributed by atoms with Crippen molar-refractivity contribution in [3.8, 4) is 0 Å². The van der Waals surface area contributed by atoms with Crippen LogP contribution in [0.4, 0.5) is 10.1 Å². The number of carboxylic acids is 1. The van der Waals surface area contributed by atoms with Gasteiger partial charge in [-0.3, -0.25) is 0 Å². The number of halogens is 2. The zero-order valence-corrected chi connectivity index (χ0v) is 13.2. The quantitative estimate of drug-likeness (QED) is 0.862. The van der Waals surface area contributed by atoms with E-state index in [2.05, 4.69) is 21.2 Å². The first-order valence-electron chi connectivity index (χ1n) is 6.36. The molecule has 3 nitrogen and oxygen atoms in total. The van der Waals surface area contributed by atoms with Gasteiger partial charge in [0.05, 0.1) is 0 Å². The third-order valence-corrected chi connectivity index (χ3v) is 3.76. The monoisotopic (exact) mass is 351 g/mol. The standard InChI is InChI=1S/C16H15BrFNO2/c1-10-6-13(18)9-14(7-10)19-16(2,15(20)21)11-4-3-5-12(17)8-11/h3-9,19H,1-2H3,(H,20,21). The van der Waals surface area contributed by atoms with Crippen LogP contribution >= 0.6 is 15.9 Å². The molecule has 2 rings (SSSR count). The lowest BCUT2D eigenvalue weighted by molar-refractivity contribution is -0.142. The molecule has 0 saturated carbocycles. The zero-order chi connectivity index (χ0) is 15.6. The van der Waals surface area contributed by atoms with Crippen LogP contribution in [-0.4, -0.2) is 11.1 Å². The minimum atomic E-state index is -1.36. The van der Waals surface area contributed by atoms with Crippen LogP contribution in [0.1, 0.15) is 18.1 Å². The van der Waals surface area contributed by atoms with Gasteiger partial charge in [-0.2, -0.15) is 0 Å². The first-order chi connectivity index (χ1) is 9.81. The lowest BCUT2D eigenvalue weighted by Gasteiger charge is -2.28. The molecule has 0 aliphatic rings. The highest BCUT2D eigenvalue weighted by Gasteiger charge is 2.35. The number of benzene rings is 2. The number of aryl methyl sites for hydroxylation is 1. The summed E-state index contributed by atoms with van der Waals surface area (Å²) in [7, 11) is 0. The van der Waals surface area contributed by atoms with E-state index >= 15 is 0 Å². The van der Waals surface area contributed by atoms with Gasteiger partial charge < -0.3 is 10.4 Å². The van der Waals surface area contributed by atoms with Crippen molar-refractivity contribution in [2.45, 2.75) is 19.4 Å². The molecular weight excluding hydrogens is 337 g/mol. The van der Waals surface area contributed by atoms with Gasteiger partial charge in [0.15, 0.2) is 5.54 Å². The second-order valence-corrected chi connectivity index (χ2v) is 6.00. The first-order valence-corrected chi connectivity index (χ1v) is 7.15. The Hall–Kier alpha value is -1.88. The summed E-state index contributed by atoms with van der Waals surface area (Å²) >= 11 is 3.33. The van der Waals surface area contributed by atoms with Crippen molar-refractivity contribution in [1.82, 2.24) is 0 Å². The van der Waals surface area contributed by atoms with Crippen LogP contribution in [0.5, 0.6) is 0 Å². The van der Waals surface area contributed by atoms with Crippen LogP contribution in [0.15, 0.2) is 46.9 Å². The van der Waals surface area contributed by atoms with Crippen molar-refractivity contribution >= 4 is 27.6 Å². The molecule has 1 atom stereocenters. The molecule has 0 aliphatic heterocycles. The van der Waals surface area contributed by atoms with Gasteiger partial charge >= 0.3 is 5.97 Å². The van der Waals surface area contributed by atoms with Gasteiger partial charge in [-0.05, 0) is 55.3 Å². The number of carbonyl (C=O) groups is 1. The molecule has 0 aromatic heterocycles. The van der Waals surface area contributed by atoms with E-state index in [-0.39, 0.29) is 0 Å². The Morgan fingerprint density at radius 3 is 2.57 bits per heavy atom. The van der Waals surface area contributed by atoms with Crippen molar-refractivity contribution in [3.63, 3.8) is 0 Å². The van der Waals surface area contributed by atoms with Crippen molar-refractivity contribution in [3.05, 3.63) is 63.9 Å². The highest BCUT2D eigenvalue weighted by atomic mass is 79.9. The van der Waals surface area contributed by atoms with Crippen molar-refractivity contribution in [1.29, 1.82) is 0 Å². The minimum Gasteiger partial charge on any atom is -0.479 e. The summed E-state index contributed by atoms with van der Waals surface area (Å²) in [6.45, 7) is 3.31. The molecule has 0 fully saturated rings. The van der Waals surface area contributed by atoms with Gasteiger partial charge in [-0.15, -0.1) is 0 Å². The third kappa shape index (κ3) is 3.42. The van der Waals surface area contributed by atoms with Crippen LogP contribution in [0.2, 0.25) is 0 Å². The van der Waals surface area contributed by atoms with Crippen LogP contribution in [0.3, 0.4) is 0 Å². The fourth-order valence-corrected chi connectivity index (χ4v) is 2.55. The number of anilines is 1. The predicted molar refractivity (Wildman–Crippen MR) is 83.9 cm³/mol.